The quantitative estimate of drug-likeness (QED) is 0.680. The summed E-state index contributed by atoms with van der Waals surface area (Å²) in [5, 5.41) is 0. The van der Waals surface area contributed by atoms with Crippen molar-refractivity contribution >= 4 is 0 Å². The predicted molar refractivity (Wildman–Crippen MR) is 47.1 cm³/mol. The average Bonchev–Trinajstić information content (AvgIpc) is 2.60. The minimum atomic E-state index is 0.435. The molecule has 3 heteroatoms. The highest BCUT2D eigenvalue weighted by molar-refractivity contribution is 4.64. The summed E-state index contributed by atoms with van der Waals surface area (Å²) >= 11 is 0. The van der Waals surface area contributed by atoms with E-state index in [2.05, 4.69) is 23.8 Å². The molecule has 0 aliphatic rings. The van der Waals surface area contributed by atoms with Gasteiger partial charge in [0, 0.05) is 18.4 Å². The first-order valence-corrected chi connectivity index (χ1v) is 3.99. The number of imidazole rings is 1. The van der Waals surface area contributed by atoms with Crippen molar-refractivity contribution < 1.29 is 0 Å². The molecule has 3 nitrogen and oxygen atoms in total. The summed E-state index contributed by atoms with van der Waals surface area (Å²) in [7, 11) is 0. The monoisotopic (exact) mass is 155 g/mol. The molecule has 1 aromatic rings. The Morgan fingerprint density at radius 3 is 2.18 bits per heavy atom. The lowest BCUT2D eigenvalue weighted by Gasteiger charge is -1.99. The molecule has 0 aliphatic heterocycles. The van der Waals surface area contributed by atoms with Crippen LogP contribution >= 0.6 is 0 Å². The largest absolute Gasteiger partial charge is 0.351 e. The van der Waals surface area contributed by atoms with E-state index in [-0.39, 0.29) is 0 Å². The van der Waals surface area contributed by atoms with Gasteiger partial charge in [-0.15, -0.1) is 0 Å². The van der Waals surface area contributed by atoms with Crippen LogP contribution in [0.5, 0.6) is 0 Å². The van der Waals surface area contributed by atoms with E-state index < -0.39 is 0 Å². The van der Waals surface area contributed by atoms with Crippen molar-refractivity contribution in [2.45, 2.75) is 32.7 Å². The van der Waals surface area contributed by atoms with Gasteiger partial charge in [-0.2, -0.15) is 0 Å². The van der Waals surface area contributed by atoms with E-state index in [1.807, 2.05) is 0 Å². The number of nitrogens with zero attached hydrogens (tertiary/aromatic N) is 1. The summed E-state index contributed by atoms with van der Waals surface area (Å²) in [4.78, 5) is 6.42. The topological polar surface area (TPSA) is 54.7 Å². The molecule has 64 valence electrons. The minimum Gasteiger partial charge on any atom is -0.351 e. The Bertz CT molecular complexity index is 116. The van der Waals surface area contributed by atoms with Crippen LogP contribution in [0.25, 0.3) is 0 Å². The molecule has 11 heavy (non-hydrogen) atoms. The van der Waals surface area contributed by atoms with Crippen LogP contribution in [0, 0.1) is 0 Å². The van der Waals surface area contributed by atoms with E-state index >= 15 is 0 Å². The SMILES string of the molecule is CCC(N)CC.c1c[nH]cn1. The molecule has 3 N–H and O–H groups in total. The maximum atomic E-state index is 5.47. The van der Waals surface area contributed by atoms with Crippen LogP contribution in [0.3, 0.4) is 0 Å². The standard InChI is InChI=1S/C5H13N.C3H4N2/c1-3-5(6)4-2;1-2-5-3-4-1/h5H,3-4,6H2,1-2H3;1-3H,(H,4,5). The molecular weight excluding hydrogens is 138 g/mol. The van der Waals surface area contributed by atoms with Gasteiger partial charge in [-0.25, -0.2) is 4.98 Å². The Morgan fingerprint density at radius 2 is 2.09 bits per heavy atom. The van der Waals surface area contributed by atoms with Gasteiger partial charge in [0.2, 0.25) is 0 Å². The van der Waals surface area contributed by atoms with Gasteiger partial charge in [0.25, 0.3) is 0 Å². The zero-order chi connectivity index (χ0) is 8.53. The highest BCUT2D eigenvalue weighted by atomic mass is 14.8. The lowest BCUT2D eigenvalue weighted by Crippen LogP contribution is -2.16. The van der Waals surface area contributed by atoms with Crippen molar-refractivity contribution in [3.63, 3.8) is 0 Å². The summed E-state index contributed by atoms with van der Waals surface area (Å²) in [6.07, 6.45) is 7.30. The molecule has 0 saturated carbocycles. The van der Waals surface area contributed by atoms with E-state index in [0.717, 1.165) is 12.8 Å². The van der Waals surface area contributed by atoms with Gasteiger partial charge in [-0.1, -0.05) is 13.8 Å². The normalized spacial score (nSPS) is 9.09. The van der Waals surface area contributed by atoms with Gasteiger partial charge in [0.15, 0.2) is 0 Å². The number of nitrogens with one attached hydrogen (secondary N) is 1. The first-order chi connectivity index (χ1) is 5.31. The van der Waals surface area contributed by atoms with Gasteiger partial charge >= 0.3 is 0 Å². The molecule has 0 amide bonds. The van der Waals surface area contributed by atoms with Gasteiger partial charge in [-0.3, -0.25) is 0 Å². The summed E-state index contributed by atoms with van der Waals surface area (Å²) in [6, 6.07) is 0.435. The Hall–Kier alpha value is -0.830. The second-order valence-electron chi connectivity index (χ2n) is 2.34. The van der Waals surface area contributed by atoms with Gasteiger partial charge in [0.05, 0.1) is 6.33 Å². The second kappa shape index (κ2) is 7.28. The van der Waals surface area contributed by atoms with Crippen molar-refractivity contribution in [2.24, 2.45) is 5.73 Å². The van der Waals surface area contributed by atoms with Crippen molar-refractivity contribution in [1.82, 2.24) is 9.97 Å². The van der Waals surface area contributed by atoms with E-state index in [0.29, 0.717) is 6.04 Å². The van der Waals surface area contributed by atoms with Crippen LogP contribution in [0.15, 0.2) is 18.7 Å². The Balaban J connectivity index is 0.000000183. The van der Waals surface area contributed by atoms with Crippen molar-refractivity contribution in [3.8, 4) is 0 Å². The Labute approximate surface area is 68.0 Å². The fourth-order valence-electron chi connectivity index (χ4n) is 0.504. The number of aromatic nitrogens is 2. The van der Waals surface area contributed by atoms with Crippen molar-refractivity contribution in [2.75, 3.05) is 0 Å². The maximum absolute atomic E-state index is 5.47. The maximum Gasteiger partial charge on any atom is 0.0919 e. The van der Waals surface area contributed by atoms with Crippen LogP contribution in [0.1, 0.15) is 26.7 Å². The van der Waals surface area contributed by atoms with Crippen LogP contribution < -0.4 is 5.73 Å². The lowest BCUT2D eigenvalue weighted by molar-refractivity contribution is 0.629. The predicted octanol–water partition coefficient (Wildman–Crippen LogP) is 1.54. The third-order valence-electron chi connectivity index (χ3n) is 1.45. The van der Waals surface area contributed by atoms with E-state index in [1.54, 1.807) is 18.7 Å². The molecule has 0 aliphatic carbocycles. The van der Waals surface area contributed by atoms with Crippen LogP contribution in [-0.2, 0) is 0 Å². The summed E-state index contributed by atoms with van der Waals surface area (Å²) < 4.78 is 0. The molecule has 0 atom stereocenters. The lowest BCUT2D eigenvalue weighted by atomic mass is 10.2. The molecule has 1 rings (SSSR count). The number of aromatic amines is 1. The van der Waals surface area contributed by atoms with E-state index in [4.69, 9.17) is 5.73 Å². The average molecular weight is 155 g/mol. The molecule has 0 aromatic carbocycles. The molecule has 0 fully saturated rings. The number of nitrogens with two attached hydrogens (primary N) is 1. The van der Waals surface area contributed by atoms with Crippen LogP contribution in [0.2, 0.25) is 0 Å². The van der Waals surface area contributed by atoms with Crippen molar-refractivity contribution in [1.29, 1.82) is 0 Å². The minimum absolute atomic E-state index is 0.435. The molecular formula is C8H17N3. The van der Waals surface area contributed by atoms with Gasteiger partial charge < -0.3 is 10.7 Å². The third-order valence-corrected chi connectivity index (χ3v) is 1.45. The fourth-order valence-corrected chi connectivity index (χ4v) is 0.504. The molecule has 0 radical (unpaired) electrons. The van der Waals surface area contributed by atoms with E-state index in [1.165, 1.54) is 0 Å². The molecule has 0 spiro atoms. The smallest absolute Gasteiger partial charge is 0.0919 e. The fraction of sp³-hybridized carbons (Fsp3) is 0.625. The highest BCUT2D eigenvalue weighted by Gasteiger charge is 1.88. The molecule has 0 unspecified atom stereocenters. The first kappa shape index (κ1) is 10.2. The Morgan fingerprint density at radius 1 is 1.45 bits per heavy atom. The summed E-state index contributed by atoms with van der Waals surface area (Å²) in [5.74, 6) is 0. The van der Waals surface area contributed by atoms with Crippen LogP contribution in [-0.4, -0.2) is 16.0 Å². The zero-order valence-corrected chi connectivity index (χ0v) is 7.25. The molecule has 0 bridgehead atoms. The van der Waals surface area contributed by atoms with E-state index in [9.17, 15) is 0 Å². The molecule has 1 aromatic heterocycles. The number of rotatable bonds is 2. The van der Waals surface area contributed by atoms with Crippen molar-refractivity contribution in [3.05, 3.63) is 18.7 Å². The Kier molecular flexibility index (Phi) is 6.73. The third kappa shape index (κ3) is 7.06. The number of hydrogen-bond acceptors (Lipinski definition) is 2. The second-order valence-corrected chi connectivity index (χ2v) is 2.34. The first-order valence-electron chi connectivity index (χ1n) is 3.99. The molecule has 1 heterocycles. The van der Waals surface area contributed by atoms with Gasteiger partial charge in [0.1, 0.15) is 0 Å². The highest BCUT2D eigenvalue weighted by Crippen LogP contribution is 1.88. The van der Waals surface area contributed by atoms with Gasteiger partial charge in [-0.05, 0) is 12.8 Å². The number of H-pyrrole nitrogens is 1. The molecule has 0 saturated heterocycles. The summed E-state index contributed by atoms with van der Waals surface area (Å²) in [5.41, 5.74) is 5.47. The zero-order valence-electron chi connectivity index (χ0n) is 7.25. The van der Waals surface area contributed by atoms with Crippen LogP contribution in [0.4, 0.5) is 0 Å². The number of hydrogen-bond donors (Lipinski definition) is 2. The summed E-state index contributed by atoms with van der Waals surface area (Å²) in [6.45, 7) is 4.21.